The average molecular weight is 423 g/mol. The number of halogens is 1. The highest BCUT2D eigenvalue weighted by atomic mass is 35.5. The second-order valence-corrected chi connectivity index (χ2v) is 9.73. The minimum atomic E-state index is -3.60. The van der Waals surface area contributed by atoms with Gasteiger partial charge in [0.2, 0.25) is 10.0 Å². The van der Waals surface area contributed by atoms with Gasteiger partial charge in [0.25, 0.3) is 0 Å². The van der Waals surface area contributed by atoms with Crippen molar-refractivity contribution in [2.75, 3.05) is 31.1 Å². The van der Waals surface area contributed by atoms with Gasteiger partial charge in [-0.2, -0.15) is 4.31 Å². The molecule has 6 nitrogen and oxygen atoms in total. The molecule has 0 aliphatic carbocycles. The fourth-order valence-electron chi connectivity index (χ4n) is 3.25. The van der Waals surface area contributed by atoms with Crippen LogP contribution in [0.2, 0.25) is 5.02 Å². The standard InChI is InChI=1S/C18H19ClN4O2S2/c1-2-13-11-14-17(20-12-21-18(14)26-13)22-7-9-23(10-8-22)27(24,25)16-6-4-3-5-15(16)19/h3-6,11-12H,2,7-10H2,1H3. The Kier molecular flexibility index (Phi) is 5.07. The number of aryl methyl sites for hydroxylation is 1. The molecule has 0 atom stereocenters. The molecule has 0 spiro atoms. The molecule has 0 bridgehead atoms. The molecule has 0 unspecified atom stereocenters. The van der Waals surface area contributed by atoms with Crippen molar-refractivity contribution in [1.29, 1.82) is 0 Å². The molecule has 1 saturated heterocycles. The van der Waals surface area contributed by atoms with Gasteiger partial charge in [-0.05, 0) is 24.6 Å². The second kappa shape index (κ2) is 7.35. The first-order chi connectivity index (χ1) is 13.0. The number of benzene rings is 1. The molecule has 142 valence electrons. The number of aromatic nitrogens is 2. The third-order valence-electron chi connectivity index (χ3n) is 4.70. The summed E-state index contributed by atoms with van der Waals surface area (Å²) in [5, 5.41) is 1.30. The highest BCUT2D eigenvalue weighted by Crippen LogP contribution is 2.32. The number of nitrogens with zero attached hydrogens (tertiary/aromatic N) is 4. The predicted octanol–water partition coefficient (Wildman–Crippen LogP) is 3.42. The number of thiophene rings is 1. The van der Waals surface area contributed by atoms with Gasteiger partial charge in [0, 0.05) is 31.1 Å². The van der Waals surface area contributed by atoms with Crippen LogP contribution >= 0.6 is 22.9 Å². The maximum atomic E-state index is 12.9. The number of hydrogen-bond donors (Lipinski definition) is 0. The average Bonchev–Trinajstić information content (AvgIpc) is 3.12. The second-order valence-electron chi connectivity index (χ2n) is 6.30. The lowest BCUT2D eigenvalue weighted by atomic mass is 10.2. The summed E-state index contributed by atoms with van der Waals surface area (Å²) in [4.78, 5) is 13.4. The first-order valence-corrected chi connectivity index (χ1v) is 11.4. The van der Waals surface area contributed by atoms with Crippen molar-refractivity contribution >= 4 is 49.0 Å². The summed E-state index contributed by atoms with van der Waals surface area (Å²) in [6.45, 7) is 4.06. The Hall–Kier alpha value is -1.74. The molecule has 0 saturated carbocycles. The van der Waals surface area contributed by atoms with Crippen LogP contribution in [0.3, 0.4) is 0 Å². The van der Waals surface area contributed by atoms with E-state index in [1.807, 2.05) is 0 Å². The quantitative estimate of drug-likeness (QED) is 0.644. The van der Waals surface area contributed by atoms with Gasteiger partial charge in [0.1, 0.15) is 21.9 Å². The number of hydrogen-bond acceptors (Lipinski definition) is 6. The Morgan fingerprint density at radius 2 is 1.89 bits per heavy atom. The predicted molar refractivity (Wildman–Crippen MR) is 109 cm³/mol. The van der Waals surface area contributed by atoms with Gasteiger partial charge in [0.05, 0.1) is 10.4 Å². The van der Waals surface area contributed by atoms with Crippen LogP contribution in [0.1, 0.15) is 11.8 Å². The zero-order valence-electron chi connectivity index (χ0n) is 14.8. The van der Waals surface area contributed by atoms with E-state index in [2.05, 4.69) is 27.9 Å². The largest absolute Gasteiger partial charge is 0.353 e. The maximum absolute atomic E-state index is 12.9. The van der Waals surface area contributed by atoms with Crippen molar-refractivity contribution in [3.05, 3.63) is 46.6 Å². The van der Waals surface area contributed by atoms with Crippen LogP contribution in [0.15, 0.2) is 41.6 Å². The summed E-state index contributed by atoms with van der Waals surface area (Å²) in [6, 6.07) is 8.71. The molecule has 1 aliphatic heterocycles. The smallest absolute Gasteiger partial charge is 0.244 e. The normalized spacial score (nSPS) is 16.1. The number of anilines is 1. The topological polar surface area (TPSA) is 66.4 Å². The summed E-state index contributed by atoms with van der Waals surface area (Å²) >= 11 is 7.78. The fourth-order valence-corrected chi connectivity index (χ4v) is 6.10. The summed E-state index contributed by atoms with van der Waals surface area (Å²) < 4.78 is 27.3. The van der Waals surface area contributed by atoms with Gasteiger partial charge in [-0.1, -0.05) is 30.7 Å². The van der Waals surface area contributed by atoms with Crippen molar-refractivity contribution in [3.63, 3.8) is 0 Å². The van der Waals surface area contributed by atoms with Crippen LogP contribution in [0.5, 0.6) is 0 Å². The third-order valence-corrected chi connectivity index (χ3v) is 8.29. The van der Waals surface area contributed by atoms with Crippen molar-refractivity contribution in [2.45, 2.75) is 18.2 Å². The summed E-state index contributed by atoms with van der Waals surface area (Å²) in [5.74, 6) is 0.880. The molecule has 3 heterocycles. The van der Waals surface area contributed by atoms with Gasteiger partial charge < -0.3 is 4.90 Å². The SMILES string of the molecule is CCc1cc2c(N3CCN(S(=O)(=O)c4ccccc4Cl)CC3)ncnc2s1. The monoisotopic (exact) mass is 422 g/mol. The molecular weight excluding hydrogens is 404 g/mol. The van der Waals surface area contributed by atoms with Crippen molar-refractivity contribution < 1.29 is 8.42 Å². The molecule has 9 heteroatoms. The van der Waals surface area contributed by atoms with Crippen molar-refractivity contribution in [3.8, 4) is 0 Å². The van der Waals surface area contributed by atoms with E-state index in [0.29, 0.717) is 26.2 Å². The first kappa shape index (κ1) is 18.6. The zero-order valence-corrected chi connectivity index (χ0v) is 17.2. The molecule has 0 N–H and O–H groups in total. The van der Waals surface area contributed by atoms with E-state index in [-0.39, 0.29) is 9.92 Å². The van der Waals surface area contributed by atoms with Gasteiger partial charge in [-0.25, -0.2) is 18.4 Å². The van der Waals surface area contributed by atoms with Gasteiger partial charge in [0.15, 0.2) is 0 Å². The first-order valence-electron chi connectivity index (χ1n) is 8.73. The minimum Gasteiger partial charge on any atom is -0.353 e. The van der Waals surface area contributed by atoms with Crippen LogP contribution in [0, 0.1) is 0 Å². The number of rotatable bonds is 4. The van der Waals surface area contributed by atoms with E-state index < -0.39 is 10.0 Å². The Morgan fingerprint density at radius 1 is 1.15 bits per heavy atom. The van der Waals surface area contributed by atoms with E-state index >= 15 is 0 Å². The van der Waals surface area contributed by atoms with Crippen LogP contribution < -0.4 is 4.90 Å². The lowest BCUT2D eigenvalue weighted by Crippen LogP contribution is -2.49. The molecule has 3 aromatic rings. The molecule has 1 fully saturated rings. The van der Waals surface area contributed by atoms with Crippen molar-refractivity contribution in [2.24, 2.45) is 0 Å². The molecule has 0 amide bonds. The molecule has 1 aromatic carbocycles. The summed E-state index contributed by atoms with van der Waals surface area (Å²) in [5.41, 5.74) is 0. The fraction of sp³-hybridized carbons (Fsp3) is 0.333. The molecule has 0 radical (unpaired) electrons. The lowest BCUT2D eigenvalue weighted by molar-refractivity contribution is 0.384. The van der Waals surface area contributed by atoms with Crippen LogP contribution in [0.4, 0.5) is 5.82 Å². The Bertz CT molecular complexity index is 1080. The number of sulfonamides is 1. The van der Waals surface area contributed by atoms with E-state index in [4.69, 9.17) is 11.6 Å². The van der Waals surface area contributed by atoms with Gasteiger partial charge >= 0.3 is 0 Å². The molecular formula is C18H19ClN4O2S2. The highest BCUT2D eigenvalue weighted by Gasteiger charge is 2.30. The van der Waals surface area contributed by atoms with E-state index in [9.17, 15) is 8.42 Å². The van der Waals surface area contributed by atoms with Crippen LogP contribution in [0.25, 0.3) is 10.2 Å². The Balaban J connectivity index is 1.56. The molecule has 2 aromatic heterocycles. The summed E-state index contributed by atoms with van der Waals surface area (Å²) in [7, 11) is -3.60. The number of piperazine rings is 1. The van der Waals surface area contributed by atoms with E-state index in [1.54, 1.807) is 41.9 Å². The van der Waals surface area contributed by atoms with E-state index in [0.717, 1.165) is 22.5 Å². The maximum Gasteiger partial charge on any atom is 0.244 e. The highest BCUT2D eigenvalue weighted by molar-refractivity contribution is 7.89. The zero-order chi connectivity index (χ0) is 19.0. The van der Waals surface area contributed by atoms with Crippen molar-refractivity contribution in [1.82, 2.24) is 14.3 Å². The third kappa shape index (κ3) is 3.42. The van der Waals surface area contributed by atoms with Crippen LogP contribution in [-0.2, 0) is 16.4 Å². The number of fused-ring (bicyclic) bond motifs is 1. The van der Waals surface area contributed by atoms with E-state index in [1.165, 1.54) is 9.18 Å². The minimum absolute atomic E-state index is 0.162. The Morgan fingerprint density at radius 3 is 2.59 bits per heavy atom. The molecule has 1 aliphatic rings. The molecule has 4 rings (SSSR count). The summed E-state index contributed by atoms with van der Waals surface area (Å²) in [6.07, 6.45) is 2.55. The van der Waals surface area contributed by atoms with Crippen LogP contribution in [-0.4, -0.2) is 48.9 Å². The molecule has 27 heavy (non-hydrogen) atoms. The van der Waals surface area contributed by atoms with Gasteiger partial charge in [-0.15, -0.1) is 11.3 Å². The lowest BCUT2D eigenvalue weighted by Gasteiger charge is -2.35. The Labute approximate surface area is 167 Å². The van der Waals surface area contributed by atoms with Gasteiger partial charge in [-0.3, -0.25) is 0 Å².